The molecule has 27 heavy (non-hydrogen) atoms. The van der Waals surface area contributed by atoms with Crippen molar-refractivity contribution in [2.75, 3.05) is 19.0 Å². The fourth-order valence-electron chi connectivity index (χ4n) is 2.92. The molecule has 146 valence electrons. The zero-order valence-electron chi connectivity index (χ0n) is 16.6. The largest absolute Gasteiger partial charge is 0.491 e. The summed E-state index contributed by atoms with van der Waals surface area (Å²) in [6.45, 7) is 10.9. The monoisotopic (exact) mass is 390 g/mol. The molecule has 0 radical (unpaired) electrons. The fourth-order valence-corrected chi connectivity index (χ4v) is 3.51. The van der Waals surface area contributed by atoms with Gasteiger partial charge in [0.1, 0.15) is 0 Å². The second-order valence-corrected chi connectivity index (χ2v) is 8.98. The van der Waals surface area contributed by atoms with Gasteiger partial charge >= 0.3 is 7.12 Å². The van der Waals surface area contributed by atoms with Crippen LogP contribution in [0.15, 0.2) is 29.7 Å². The number of rotatable bonds is 5. The Labute approximate surface area is 165 Å². The minimum atomic E-state index is -0.482. The number of carbonyl (C=O) groups excluding carboxylic acids is 1. The Hall–Kier alpha value is -1.12. The molecule has 1 aromatic carbocycles. The Bertz CT molecular complexity index is 709. The summed E-state index contributed by atoms with van der Waals surface area (Å²) in [5.74, 6) is 0.521. The fraction of sp³-hybridized carbons (Fsp3) is 0.550. The van der Waals surface area contributed by atoms with Crippen molar-refractivity contribution in [1.82, 2.24) is 0 Å². The summed E-state index contributed by atoms with van der Waals surface area (Å²) >= 11 is 1.26. The number of ether oxygens (including phenoxy) is 2. The maximum Gasteiger partial charge on any atom is 0.491 e. The first-order valence-electron chi connectivity index (χ1n) is 9.20. The smallest absolute Gasteiger partial charge is 0.400 e. The lowest BCUT2D eigenvalue weighted by Crippen LogP contribution is -2.41. The van der Waals surface area contributed by atoms with E-state index in [4.69, 9.17) is 18.8 Å². The zero-order valence-corrected chi connectivity index (χ0v) is 17.4. The molecule has 5 nitrogen and oxygen atoms in total. The predicted molar refractivity (Wildman–Crippen MR) is 108 cm³/mol. The maximum atomic E-state index is 11.5. The highest BCUT2D eigenvalue weighted by Crippen LogP contribution is 2.39. The number of hydrogen-bond acceptors (Lipinski definition) is 6. The SMILES string of the molecule is CC(=O)SCC(=Cc1cccc(C2OCCO2)c1)B1OC(C)(C)C(C)(C)O1. The van der Waals surface area contributed by atoms with Crippen molar-refractivity contribution in [2.24, 2.45) is 0 Å². The molecule has 2 fully saturated rings. The Morgan fingerprint density at radius 3 is 2.41 bits per heavy atom. The van der Waals surface area contributed by atoms with E-state index in [1.165, 1.54) is 11.8 Å². The molecule has 2 heterocycles. The van der Waals surface area contributed by atoms with E-state index in [1.807, 2.05) is 58.0 Å². The lowest BCUT2D eigenvalue weighted by molar-refractivity contribution is -0.109. The lowest BCUT2D eigenvalue weighted by atomic mass is 9.78. The zero-order chi connectivity index (χ0) is 19.7. The van der Waals surface area contributed by atoms with E-state index in [0.717, 1.165) is 16.6 Å². The Balaban J connectivity index is 1.87. The van der Waals surface area contributed by atoms with Gasteiger partial charge in [-0.25, -0.2) is 0 Å². The highest BCUT2D eigenvalue weighted by atomic mass is 32.2. The third kappa shape index (κ3) is 4.84. The normalized spacial score (nSPS) is 22.4. The summed E-state index contributed by atoms with van der Waals surface area (Å²) in [5, 5.41) is 0.0684. The highest BCUT2D eigenvalue weighted by Gasteiger charge is 2.52. The first kappa shape index (κ1) is 20.6. The summed E-state index contributed by atoms with van der Waals surface area (Å²) in [4.78, 5) is 11.5. The van der Waals surface area contributed by atoms with E-state index in [2.05, 4.69) is 0 Å². The van der Waals surface area contributed by atoms with Crippen LogP contribution in [-0.4, -0.2) is 42.4 Å². The van der Waals surface area contributed by atoms with Crippen LogP contribution in [0, 0.1) is 0 Å². The van der Waals surface area contributed by atoms with Gasteiger partial charge in [0.05, 0.1) is 24.4 Å². The van der Waals surface area contributed by atoms with Gasteiger partial charge in [0.15, 0.2) is 11.4 Å². The molecule has 0 N–H and O–H groups in total. The van der Waals surface area contributed by atoms with Gasteiger partial charge in [-0.3, -0.25) is 4.79 Å². The molecule has 0 saturated carbocycles. The standard InChI is InChI=1S/C20H27BO5S/c1-14(22)27-13-17(21-25-19(2,3)20(4,5)26-21)12-15-7-6-8-16(11-15)18-23-9-10-24-18/h6-8,11-12,18H,9-10,13H2,1-5H3. The van der Waals surface area contributed by atoms with Crippen LogP contribution in [0.25, 0.3) is 6.08 Å². The molecular formula is C20H27BO5S. The summed E-state index contributed by atoms with van der Waals surface area (Å²) in [7, 11) is -0.482. The second kappa shape index (κ2) is 8.09. The molecule has 0 amide bonds. The van der Waals surface area contributed by atoms with Crippen molar-refractivity contribution < 1.29 is 23.6 Å². The van der Waals surface area contributed by atoms with Gasteiger partial charge in [-0.15, -0.1) is 0 Å². The summed E-state index contributed by atoms with van der Waals surface area (Å²) in [6, 6.07) is 8.03. The molecule has 7 heteroatoms. The Kier molecular flexibility index (Phi) is 6.18. The maximum absolute atomic E-state index is 11.5. The molecule has 2 aliphatic rings. The molecule has 0 aliphatic carbocycles. The van der Waals surface area contributed by atoms with Crippen molar-refractivity contribution in [3.63, 3.8) is 0 Å². The summed E-state index contributed by atoms with van der Waals surface area (Å²) in [5.41, 5.74) is 2.06. The summed E-state index contributed by atoms with van der Waals surface area (Å²) in [6.07, 6.45) is 1.72. The number of hydrogen-bond donors (Lipinski definition) is 0. The number of thioether (sulfide) groups is 1. The quantitative estimate of drug-likeness (QED) is 0.708. The molecule has 0 aromatic heterocycles. The van der Waals surface area contributed by atoms with Crippen molar-refractivity contribution in [3.8, 4) is 0 Å². The van der Waals surface area contributed by atoms with E-state index in [9.17, 15) is 4.79 Å². The molecule has 2 aliphatic heterocycles. The minimum Gasteiger partial charge on any atom is -0.400 e. The Morgan fingerprint density at radius 2 is 1.81 bits per heavy atom. The number of benzene rings is 1. The van der Waals surface area contributed by atoms with Crippen LogP contribution in [-0.2, 0) is 23.6 Å². The van der Waals surface area contributed by atoms with Crippen LogP contribution in [0.4, 0.5) is 0 Å². The molecule has 0 atom stereocenters. The third-order valence-electron chi connectivity index (χ3n) is 5.15. The molecule has 1 aromatic rings. The molecule has 0 unspecified atom stereocenters. The van der Waals surface area contributed by atoms with Crippen LogP contribution < -0.4 is 0 Å². The summed E-state index contributed by atoms with van der Waals surface area (Å²) < 4.78 is 23.6. The van der Waals surface area contributed by atoms with E-state index in [1.54, 1.807) is 6.92 Å². The topological polar surface area (TPSA) is 54.0 Å². The highest BCUT2D eigenvalue weighted by molar-refractivity contribution is 8.13. The Morgan fingerprint density at radius 1 is 1.19 bits per heavy atom. The molecule has 2 saturated heterocycles. The number of carbonyl (C=O) groups is 1. The van der Waals surface area contributed by atoms with Crippen molar-refractivity contribution in [1.29, 1.82) is 0 Å². The average Bonchev–Trinajstić information content (AvgIpc) is 3.18. The minimum absolute atomic E-state index is 0.0684. The molecule has 0 spiro atoms. The first-order valence-corrected chi connectivity index (χ1v) is 10.2. The van der Waals surface area contributed by atoms with Gasteiger partial charge < -0.3 is 18.8 Å². The first-order chi connectivity index (χ1) is 12.7. The lowest BCUT2D eigenvalue weighted by Gasteiger charge is -2.32. The van der Waals surface area contributed by atoms with Crippen LogP contribution in [0.2, 0.25) is 0 Å². The van der Waals surface area contributed by atoms with Crippen molar-refractivity contribution in [3.05, 3.63) is 40.9 Å². The van der Waals surface area contributed by atoms with E-state index >= 15 is 0 Å². The van der Waals surface area contributed by atoms with Crippen LogP contribution in [0.5, 0.6) is 0 Å². The third-order valence-corrected chi connectivity index (χ3v) is 6.04. The van der Waals surface area contributed by atoms with Crippen molar-refractivity contribution in [2.45, 2.75) is 52.1 Å². The van der Waals surface area contributed by atoms with E-state index < -0.39 is 18.3 Å². The van der Waals surface area contributed by atoms with Crippen molar-refractivity contribution >= 4 is 30.1 Å². The molecule has 3 rings (SSSR count). The molecule has 0 bridgehead atoms. The van der Waals surface area contributed by atoms with Crippen LogP contribution >= 0.6 is 11.8 Å². The molecular weight excluding hydrogens is 363 g/mol. The predicted octanol–water partition coefficient (Wildman–Crippen LogP) is 4.03. The van der Waals surface area contributed by atoms with Gasteiger partial charge in [0.2, 0.25) is 0 Å². The average molecular weight is 390 g/mol. The van der Waals surface area contributed by atoms with Gasteiger partial charge in [-0.2, -0.15) is 0 Å². The van der Waals surface area contributed by atoms with Crippen LogP contribution in [0.1, 0.15) is 52.0 Å². The van der Waals surface area contributed by atoms with Gasteiger partial charge in [-0.1, -0.05) is 36.0 Å². The van der Waals surface area contributed by atoms with E-state index in [0.29, 0.717) is 19.0 Å². The van der Waals surface area contributed by atoms with E-state index in [-0.39, 0.29) is 11.4 Å². The second-order valence-electron chi connectivity index (χ2n) is 7.83. The van der Waals surface area contributed by atoms with Crippen LogP contribution in [0.3, 0.4) is 0 Å². The van der Waals surface area contributed by atoms with Gasteiger partial charge in [-0.05, 0) is 44.8 Å². The van der Waals surface area contributed by atoms with Gasteiger partial charge in [0.25, 0.3) is 0 Å². The van der Waals surface area contributed by atoms with Gasteiger partial charge in [0, 0.05) is 18.2 Å².